The Bertz CT molecular complexity index is 190. The lowest BCUT2D eigenvalue weighted by Crippen LogP contribution is -2.10. The molecule has 1 aliphatic carbocycles. The van der Waals surface area contributed by atoms with Gasteiger partial charge in [-0.15, -0.1) is 5.73 Å². The Morgan fingerprint density at radius 1 is 1.73 bits per heavy atom. The van der Waals surface area contributed by atoms with E-state index in [1.54, 1.807) is 12.2 Å². The minimum Gasteiger partial charge on any atom is -0.389 e. The minimum atomic E-state index is -0.326. The Balaban J connectivity index is 2.19. The summed E-state index contributed by atoms with van der Waals surface area (Å²) in [6, 6.07) is 0. The summed E-state index contributed by atoms with van der Waals surface area (Å²) in [5, 5.41) is 9.05. The van der Waals surface area contributed by atoms with Crippen LogP contribution in [-0.2, 0) is 4.74 Å². The number of ether oxygens (including phenoxy) is 1. The molecule has 0 saturated carbocycles. The van der Waals surface area contributed by atoms with Crippen molar-refractivity contribution in [2.24, 2.45) is 0 Å². The number of hydrogen-bond donors (Lipinski definition) is 1. The lowest BCUT2D eigenvalue weighted by molar-refractivity contribution is 0.0827. The molecule has 1 rings (SSSR count). The summed E-state index contributed by atoms with van der Waals surface area (Å²) in [5.41, 5.74) is 2.62. The zero-order valence-corrected chi connectivity index (χ0v) is 6.36. The molecule has 60 valence electrons. The van der Waals surface area contributed by atoms with E-state index in [0.717, 1.165) is 0 Å². The Hall–Kier alpha value is -0.820. The summed E-state index contributed by atoms with van der Waals surface area (Å²) in [4.78, 5) is 0. The third-order valence-corrected chi connectivity index (χ3v) is 1.56. The molecule has 0 spiro atoms. The highest BCUT2D eigenvalue weighted by Gasteiger charge is 2.15. The van der Waals surface area contributed by atoms with Crippen molar-refractivity contribution in [2.45, 2.75) is 18.6 Å². The van der Waals surface area contributed by atoms with Crippen LogP contribution in [-0.4, -0.2) is 23.9 Å². The zero-order chi connectivity index (χ0) is 8.10. The molecular weight excluding hydrogens is 140 g/mol. The van der Waals surface area contributed by atoms with Crippen LogP contribution in [0.2, 0.25) is 0 Å². The van der Waals surface area contributed by atoms with Gasteiger partial charge in [-0.3, -0.25) is 0 Å². The molecule has 0 aliphatic heterocycles. The van der Waals surface area contributed by atoms with E-state index in [1.807, 2.05) is 6.08 Å². The highest BCUT2D eigenvalue weighted by Crippen LogP contribution is 2.13. The monoisotopic (exact) mass is 152 g/mol. The molecule has 0 amide bonds. The molecule has 2 atom stereocenters. The van der Waals surface area contributed by atoms with Gasteiger partial charge in [0.1, 0.15) is 0 Å². The van der Waals surface area contributed by atoms with Gasteiger partial charge in [0.25, 0.3) is 0 Å². The lowest BCUT2D eigenvalue weighted by atomic mass is 10.3. The number of aliphatic hydroxyl groups excluding tert-OH is 1. The fourth-order valence-corrected chi connectivity index (χ4v) is 1.00. The van der Waals surface area contributed by atoms with Crippen LogP contribution >= 0.6 is 0 Å². The molecule has 1 aliphatic rings. The molecule has 0 aromatic carbocycles. The molecule has 2 nitrogen and oxygen atoms in total. The van der Waals surface area contributed by atoms with Crippen LogP contribution in [0.4, 0.5) is 0 Å². The molecule has 0 radical (unpaired) electrons. The number of aliphatic hydroxyl groups is 1. The smallest absolute Gasteiger partial charge is 0.0789 e. The summed E-state index contributed by atoms with van der Waals surface area (Å²) in [6.07, 6.45) is 5.76. The zero-order valence-electron chi connectivity index (χ0n) is 6.36. The fraction of sp³-hybridized carbons (Fsp3) is 0.444. The maximum absolute atomic E-state index is 9.05. The normalized spacial score (nSPS) is 28.5. The largest absolute Gasteiger partial charge is 0.389 e. The van der Waals surface area contributed by atoms with Gasteiger partial charge in [-0.05, 0) is 6.08 Å². The van der Waals surface area contributed by atoms with E-state index < -0.39 is 0 Å². The van der Waals surface area contributed by atoms with Crippen molar-refractivity contribution in [2.75, 3.05) is 6.61 Å². The fourth-order valence-electron chi connectivity index (χ4n) is 1.00. The SMILES string of the molecule is C=C=CCOC1C=CC(O)C1. The van der Waals surface area contributed by atoms with Crippen molar-refractivity contribution in [3.63, 3.8) is 0 Å². The van der Waals surface area contributed by atoms with E-state index in [9.17, 15) is 0 Å². The van der Waals surface area contributed by atoms with Crippen molar-refractivity contribution in [3.8, 4) is 0 Å². The molecule has 11 heavy (non-hydrogen) atoms. The first kappa shape index (κ1) is 8.28. The van der Waals surface area contributed by atoms with E-state index in [2.05, 4.69) is 12.3 Å². The van der Waals surface area contributed by atoms with Crippen molar-refractivity contribution >= 4 is 0 Å². The third kappa shape index (κ3) is 2.72. The van der Waals surface area contributed by atoms with E-state index in [0.29, 0.717) is 13.0 Å². The molecule has 1 N–H and O–H groups in total. The highest BCUT2D eigenvalue weighted by molar-refractivity contribution is 5.03. The average Bonchev–Trinajstić information content (AvgIpc) is 2.37. The second kappa shape index (κ2) is 4.14. The van der Waals surface area contributed by atoms with Crippen molar-refractivity contribution < 1.29 is 9.84 Å². The molecule has 2 heteroatoms. The summed E-state index contributed by atoms with van der Waals surface area (Å²) in [5.74, 6) is 0. The van der Waals surface area contributed by atoms with E-state index in [1.165, 1.54) is 0 Å². The van der Waals surface area contributed by atoms with Crippen molar-refractivity contribution in [3.05, 3.63) is 30.5 Å². The second-order valence-electron chi connectivity index (χ2n) is 2.47. The van der Waals surface area contributed by atoms with E-state index >= 15 is 0 Å². The predicted octanol–water partition coefficient (Wildman–Crippen LogP) is 1.03. The van der Waals surface area contributed by atoms with Crippen LogP contribution < -0.4 is 0 Å². The minimum absolute atomic E-state index is 0.0644. The van der Waals surface area contributed by atoms with E-state index in [4.69, 9.17) is 9.84 Å². The van der Waals surface area contributed by atoms with Gasteiger partial charge in [0.2, 0.25) is 0 Å². The molecule has 0 aromatic rings. The maximum atomic E-state index is 9.05. The molecule has 0 aromatic heterocycles. The van der Waals surface area contributed by atoms with Crippen LogP contribution in [0.15, 0.2) is 30.5 Å². The molecule has 2 unspecified atom stereocenters. The standard InChI is InChI=1S/C9H12O2/c1-2-3-6-11-9-5-4-8(10)7-9/h3-5,8-10H,1,6-7H2. The molecular formula is C9H12O2. The summed E-state index contributed by atoms with van der Waals surface area (Å²) in [7, 11) is 0. The lowest BCUT2D eigenvalue weighted by Gasteiger charge is -2.07. The number of hydrogen-bond acceptors (Lipinski definition) is 2. The van der Waals surface area contributed by atoms with Crippen LogP contribution in [0.25, 0.3) is 0 Å². The van der Waals surface area contributed by atoms with Gasteiger partial charge >= 0.3 is 0 Å². The van der Waals surface area contributed by atoms with Gasteiger partial charge in [0, 0.05) is 6.42 Å². The first-order chi connectivity index (χ1) is 5.33. The van der Waals surface area contributed by atoms with Gasteiger partial charge < -0.3 is 9.84 Å². The molecule has 0 fully saturated rings. The van der Waals surface area contributed by atoms with Crippen LogP contribution in [0, 0.1) is 0 Å². The van der Waals surface area contributed by atoms with Gasteiger partial charge in [0.05, 0.1) is 18.8 Å². The van der Waals surface area contributed by atoms with Crippen LogP contribution in [0.1, 0.15) is 6.42 Å². The second-order valence-corrected chi connectivity index (χ2v) is 2.47. The van der Waals surface area contributed by atoms with Crippen LogP contribution in [0.5, 0.6) is 0 Å². The Labute approximate surface area is 66.5 Å². The number of rotatable bonds is 3. The summed E-state index contributed by atoms with van der Waals surface area (Å²) >= 11 is 0. The summed E-state index contributed by atoms with van der Waals surface area (Å²) < 4.78 is 5.31. The maximum Gasteiger partial charge on any atom is 0.0789 e. The van der Waals surface area contributed by atoms with Gasteiger partial charge in [-0.2, -0.15) is 0 Å². The molecule has 0 bridgehead atoms. The predicted molar refractivity (Wildman–Crippen MR) is 43.2 cm³/mol. The quantitative estimate of drug-likeness (QED) is 0.483. The first-order valence-electron chi connectivity index (χ1n) is 3.65. The van der Waals surface area contributed by atoms with E-state index in [-0.39, 0.29) is 12.2 Å². The van der Waals surface area contributed by atoms with Crippen molar-refractivity contribution in [1.82, 2.24) is 0 Å². The van der Waals surface area contributed by atoms with Crippen molar-refractivity contribution in [1.29, 1.82) is 0 Å². The first-order valence-corrected chi connectivity index (χ1v) is 3.65. The van der Waals surface area contributed by atoms with Crippen LogP contribution in [0.3, 0.4) is 0 Å². The molecule has 0 saturated heterocycles. The summed E-state index contributed by atoms with van der Waals surface area (Å²) in [6.45, 7) is 3.93. The third-order valence-electron chi connectivity index (χ3n) is 1.56. The Kier molecular flexibility index (Phi) is 3.12. The van der Waals surface area contributed by atoms with Gasteiger partial charge in [-0.25, -0.2) is 0 Å². The average molecular weight is 152 g/mol. The Morgan fingerprint density at radius 2 is 2.55 bits per heavy atom. The highest BCUT2D eigenvalue weighted by atomic mass is 16.5. The topological polar surface area (TPSA) is 29.5 Å². The Morgan fingerprint density at radius 3 is 3.09 bits per heavy atom. The molecule has 0 heterocycles. The van der Waals surface area contributed by atoms with Gasteiger partial charge in [-0.1, -0.05) is 18.7 Å². The van der Waals surface area contributed by atoms with Gasteiger partial charge in [0.15, 0.2) is 0 Å².